The lowest BCUT2D eigenvalue weighted by Gasteiger charge is -2.31. The lowest BCUT2D eigenvalue weighted by atomic mass is 9.70. The van der Waals surface area contributed by atoms with Gasteiger partial charge in [0.25, 0.3) is 0 Å². The highest BCUT2D eigenvalue weighted by Gasteiger charge is 2.57. The van der Waals surface area contributed by atoms with Gasteiger partial charge in [-0.2, -0.15) is 0 Å². The number of aliphatic carboxylic acids is 1. The molecule has 1 N–H and O–H groups in total. The second-order valence-electron chi connectivity index (χ2n) is 6.62. The van der Waals surface area contributed by atoms with Crippen LogP contribution in [0.25, 0.3) is 0 Å². The van der Waals surface area contributed by atoms with Crippen molar-refractivity contribution < 1.29 is 14.6 Å². The maximum absolute atomic E-state index is 11.9. The average Bonchev–Trinajstić information content (AvgIpc) is 3.12. The summed E-state index contributed by atoms with van der Waals surface area (Å²) in [4.78, 5) is 11.9. The van der Waals surface area contributed by atoms with E-state index in [-0.39, 0.29) is 12.2 Å². The molecule has 0 amide bonds. The zero-order valence-corrected chi connectivity index (χ0v) is 11.6. The molecule has 2 aliphatic heterocycles. The predicted octanol–water partition coefficient (Wildman–Crippen LogP) is 2.74. The van der Waals surface area contributed by atoms with Gasteiger partial charge in [0.1, 0.15) is 5.41 Å². The van der Waals surface area contributed by atoms with Gasteiger partial charge in [-0.1, -0.05) is 18.2 Å². The maximum Gasteiger partial charge on any atom is 0.312 e. The van der Waals surface area contributed by atoms with E-state index in [0.29, 0.717) is 12.8 Å². The Morgan fingerprint density at radius 1 is 1.30 bits per heavy atom. The molecule has 0 aromatic heterocycles. The molecule has 20 heavy (non-hydrogen) atoms. The van der Waals surface area contributed by atoms with Crippen LogP contribution < -0.4 is 0 Å². The fraction of sp³-hybridized carbons (Fsp3) is 0.588. The second-order valence-corrected chi connectivity index (χ2v) is 6.62. The van der Waals surface area contributed by atoms with Gasteiger partial charge in [-0.3, -0.25) is 4.79 Å². The van der Waals surface area contributed by atoms with Crippen molar-refractivity contribution in [2.24, 2.45) is 5.41 Å². The molecular weight excluding hydrogens is 252 g/mol. The van der Waals surface area contributed by atoms with Crippen molar-refractivity contribution in [3.05, 3.63) is 34.9 Å². The zero-order valence-electron chi connectivity index (χ0n) is 11.6. The van der Waals surface area contributed by atoms with Crippen molar-refractivity contribution in [3.63, 3.8) is 0 Å². The molecule has 2 heterocycles. The molecule has 3 nitrogen and oxygen atoms in total. The standard InChI is InChI=1S/C17H20O3/c18-16(19)17(10-14-6-7-15(17)20-14)9-11-4-5-12-2-1-3-13(12)8-11/h4-5,8,14-15H,1-3,6-7,9-10H2,(H,18,19). The van der Waals surface area contributed by atoms with E-state index in [1.165, 1.54) is 29.5 Å². The van der Waals surface area contributed by atoms with E-state index in [0.717, 1.165) is 19.3 Å². The number of carboxylic acid groups (broad SMARTS) is 1. The molecule has 2 fully saturated rings. The molecule has 3 atom stereocenters. The Morgan fingerprint density at radius 2 is 2.15 bits per heavy atom. The largest absolute Gasteiger partial charge is 0.481 e. The Balaban J connectivity index is 1.65. The summed E-state index contributed by atoms with van der Waals surface area (Å²) in [5.74, 6) is -0.676. The number of hydrogen-bond donors (Lipinski definition) is 1. The van der Waals surface area contributed by atoms with E-state index in [2.05, 4.69) is 18.2 Å². The second kappa shape index (κ2) is 4.32. The average molecular weight is 272 g/mol. The summed E-state index contributed by atoms with van der Waals surface area (Å²) in [5, 5.41) is 9.76. The summed E-state index contributed by atoms with van der Waals surface area (Å²) in [6.45, 7) is 0. The number of carbonyl (C=O) groups is 1. The third-order valence-electron chi connectivity index (χ3n) is 5.42. The Labute approximate surface area is 118 Å². The van der Waals surface area contributed by atoms with E-state index in [1.54, 1.807) is 0 Å². The van der Waals surface area contributed by atoms with Crippen LogP contribution in [0.2, 0.25) is 0 Å². The van der Waals surface area contributed by atoms with Crippen LogP contribution in [-0.4, -0.2) is 23.3 Å². The highest BCUT2D eigenvalue weighted by atomic mass is 16.5. The maximum atomic E-state index is 11.9. The summed E-state index contributed by atoms with van der Waals surface area (Å²) in [6.07, 6.45) is 6.88. The van der Waals surface area contributed by atoms with Gasteiger partial charge in [0.05, 0.1) is 12.2 Å². The topological polar surface area (TPSA) is 46.5 Å². The molecule has 2 bridgehead atoms. The number of aryl methyl sites for hydroxylation is 2. The van der Waals surface area contributed by atoms with E-state index in [9.17, 15) is 9.90 Å². The molecule has 106 valence electrons. The Hall–Kier alpha value is -1.35. The third kappa shape index (κ3) is 1.72. The summed E-state index contributed by atoms with van der Waals surface area (Å²) < 4.78 is 5.83. The van der Waals surface area contributed by atoms with Crippen molar-refractivity contribution in [3.8, 4) is 0 Å². The Kier molecular flexibility index (Phi) is 2.68. The molecule has 3 heteroatoms. The Bertz CT molecular complexity index is 565. The fourth-order valence-electron chi connectivity index (χ4n) is 4.39. The van der Waals surface area contributed by atoms with Gasteiger partial charge in [0, 0.05) is 0 Å². The lowest BCUT2D eigenvalue weighted by Crippen LogP contribution is -2.42. The van der Waals surface area contributed by atoms with E-state index >= 15 is 0 Å². The fourth-order valence-corrected chi connectivity index (χ4v) is 4.39. The number of carboxylic acids is 1. The van der Waals surface area contributed by atoms with Crippen molar-refractivity contribution in [1.82, 2.24) is 0 Å². The molecule has 1 aliphatic carbocycles. The van der Waals surface area contributed by atoms with Crippen LogP contribution >= 0.6 is 0 Å². The summed E-state index contributed by atoms with van der Waals surface area (Å²) >= 11 is 0. The van der Waals surface area contributed by atoms with E-state index in [1.807, 2.05) is 0 Å². The quantitative estimate of drug-likeness (QED) is 0.920. The molecule has 1 aromatic carbocycles. The summed E-state index contributed by atoms with van der Waals surface area (Å²) in [6, 6.07) is 6.56. The SMILES string of the molecule is O=C(O)C1(Cc2ccc3c(c2)CCC3)CC2CCC1O2. The normalized spacial score (nSPS) is 34.4. The molecule has 0 radical (unpaired) electrons. The monoisotopic (exact) mass is 272 g/mol. The first-order valence-electron chi connectivity index (χ1n) is 7.67. The predicted molar refractivity (Wildman–Crippen MR) is 74.8 cm³/mol. The first-order valence-corrected chi connectivity index (χ1v) is 7.67. The highest BCUT2D eigenvalue weighted by Crippen LogP contribution is 2.50. The van der Waals surface area contributed by atoms with Crippen LogP contribution in [-0.2, 0) is 28.8 Å². The molecule has 1 aromatic rings. The molecule has 3 aliphatic rings. The molecule has 0 spiro atoms. The van der Waals surface area contributed by atoms with Crippen LogP contribution in [0.15, 0.2) is 18.2 Å². The lowest BCUT2D eigenvalue weighted by molar-refractivity contribution is -0.152. The highest BCUT2D eigenvalue weighted by molar-refractivity contribution is 5.77. The van der Waals surface area contributed by atoms with Gasteiger partial charge < -0.3 is 9.84 Å². The smallest absolute Gasteiger partial charge is 0.312 e. The zero-order chi connectivity index (χ0) is 13.7. The van der Waals surface area contributed by atoms with Crippen LogP contribution in [0, 0.1) is 5.41 Å². The van der Waals surface area contributed by atoms with Crippen LogP contribution in [0.5, 0.6) is 0 Å². The summed E-state index contributed by atoms with van der Waals surface area (Å²) in [7, 11) is 0. The first kappa shape index (κ1) is 12.4. The number of benzene rings is 1. The van der Waals surface area contributed by atoms with Gasteiger partial charge in [-0.15, -0.1) is 0 Å². The van der Waals surface area contributed by atoms with Gasteiger partial charge >= 0.3 is 5.97 Å². The molecule has 2 saturated heterocycles. The number of rotatable bonds is 3. The van der Waals surface area contributed by atoms with E-state index in [4.69, 9.17) is 4.74 Å². The minimum Gasteiger partial charge on any atom is -0.481 e. The van der Waals surface area contributed by atoms with Crippen LogP contribution in [0.4, 0.5) is 0 Å². The third-order valence-corrected chi connectivity index (χ3v) is 5.42. The van der Waals surface area contributed by atoms with Crippen molar-refractivity contribution in [2.45, 2.75) is 57.2 Å². The summed E-state index contributed by atoms with van der Waals surface area (Å²) in [5.41, 5.74) is 3.36. The van der Waals surface area contributed by atoms with Crippen molar-refractivity contribution >= 4 is 5.97 Å². The van der Waals surface area contributed by atoms with Crippen molar-refractivity contribution in [1.29, 1.82) is 0 Å². The number of ether oxygens (including phenoxy) is 1. The van der Waals surface area contributed by atoms with Gasteiger partial charge in [0.2, 0.25) is 0 Å². The van der Waals surface area contributed by atoms with Gasteiger partial charge in [-0.25, -0.2) is 0 Å². The van der Waals surface area contributed by atoms with E-state index < -0.39 is 11.4 Å². The number of fused-ring (bicyclic) bond motifs is 3. The molecule has 4 rings (SSSR count). The Morgan fingerprint density at radius 3 is 2.85 bits per heavy atom. The van der Waals surface area contributed by atoms with Crippen LogP contribution in [0.3, 0.4) is 0 Å². The minimum absolute atomic E-state index is 0.0849. The van der Waals surface area contributed by atoms with Gasteiger partial charge in [0.15, 0.2) is 0 Å². The minimum atomic E-state index is -0.685. The molecular formula is C17H20O3. The first-order chi connectivity index (χ1) is 9.67. The van der Waals surface area contributed by atoms with Gasteiger partial charge in [-0.05, 0) is 61.6 Å². The van der Waals surface area contributed by atoms with Crippen LogP contribution in [0.1, 0.15) is 42.4 Å². The number of hydrogen-bond acceptors (Lipinski definition) is 2. The van der Waals surface area contributed by atoms with Crippen molar-refractivity contribution in [2.75, 3.05) is 0 Å². The molecule has 3 unspecified atom stereocenters. The molecule has 0 saturated carbocycles.